The third-order valence-electron chi connectivity index (χ3n) is 2.64. The van der Waals surface area contributed by atoms with Gasteiger partial charge in [0.15, 0.2) is 0 Å². The van der Waals surface area contributed by atoms with E-state index in [0.717, 1.165) is 10.9 Å². The predicted octanol–water partition coefficient (Wildman–Crippen LogP) is 3.89. The second kappa shape index (κ2) is 4.83. The van der Waals surface area contributed by atoms with Crippen molar-refractivity contribution in [3.8, 4) is 0 Å². The van der Waals surface area contributed by atoms with Gasteiger partial charge in [-0.15, -0.1) is 0 Å². The monoisotopic (exact) mass is 278 g/mol. The van der Waals surface area contributed by atoms with Crippen molar-refractivity contribution >= 4 is 15.9 Å². The van der Waals surface area contributed by atoms with Crippen LogP contribution in [0.15, 0.2) is 34.9 Å². The van der Waals surface area contributed by atoms with E-state index in [9.17, 15) is 0 Å². The number of aromatic nitrogens is 2. The Hall–Kier alpha value is -1.09. The summed E-state index contributed by atoms with van der Waals surface area (Å²) in [5, 5.41) is 7.20. The predicted molar refractivity (Wildman–Crippen MR) is 69.6 cm³/mol. The van der Waals surface area contributed by atoms with Crippen molar-refractivity contribution in [3.05, 3.63) is 51.8 Å². The molecule has 3 heteroatoms. The molecule has 1 heterocycles. The quantitative estimate of drug-likeness (QED) is 0.907. The summed E-state index contributed by atoms with van der Waals surface area (Å²) in [6, 6.07) is 8.43. The van der Waals surface area contributed by atoms with Crippen molar-refractivity contribution in [2.24, 2.45) is 0 Å². The number of hydrogen-bond acceptors (Lipinski definition) is 1. The number of H-pyrrole nitrogens is 1. The fraction of sp³-hybridized carbons (Fsp3) is 0.308. The van der Waals surface area contributed by atoms with Gasteiger partial charge in [-0.3, -0.25) is 5.10 Å². The minimum Gasteiger partial charge on any atom is -0.282 e. The summed E-state index contributed by atoms with van der Waals surface area (Å²) in [5.74, 6) is 0.493. The van der Waals surface area contributed by atoms with Gasteiger partial charge in [0.2, 0.25) is 0 Å². The molecular weight excluding hydrogens is 264 g/mol. The first kappa shape index (κ1) is 11.4. The maximum atomic E-state index is 4.12. The van der Waals surface area contributed by atoms with Gasteiger partial charge in [-0.05, 0) is 29.2 Å². The number of aromatic amines is 1. The van der Waals surface area contributed by atoms with Crippen molar-refractivity contribution < 1.29 is 0 Å². The van der Waals surface area contributed by atoms with Crippen LogP contribution in [0.3, 0.4) is 0 Å². The Kier molecular flexibility index (Phi) is 3.44. The van der Waals surface area contributed by atoms with E-state index >= 15 is 0 Å². The van der Waals surface area contributed by atoms with Crippen LogP contribution < -0.4 is 0 Å². The molecule has 0 aliphatic rings. The van der Waals surface area contributed by atoms with Crippen molar-refractivity contribution in [1.82, 2.24) is 10.2 Å². The van der Waals surface area contributed by atoms with Crippen LogP contribution in [0.5, 0.6) is 0 Å². The van der Waals surface area contributed by atoms with Crippen molar-refractivity contribution in [1.29, 1.82) is 0 Å². The van der Waals surface area contributed by atoms with E-state index in [4.69, 9.17) is 0 Å². The lowest BCUT2D eigenvalue weighted by Crippen LogP contribution is -1.95. The van der Waals surface area contributed by atoms with Gasteiger partial charge >= 0.3 is 0 Å². The highest BCUT2D eigenvalue weighted by atomic mass is 79.9. The summed E-state index contributed by atoms with van der Waals surface area (Å²) in [6.45, 7) is 4.36. The number of rotatable bonds is 3. The van der Waals surface area contributed by atoms with Crippen molar-refractivity contribution in [2.75, 3.05) is 0 Å². The van der Waals surface area contributed by atoms with Crippen LogP contribution in [0, 0.1) is 0 Å². The van der Waals surface area contributed by atoms with Gasteiger partial charge in [-0.25, -0.2) is 0 Å². The van der Waals surface area contributed by atoms with Gasteiger partial charge in [-0.1, -0.05) is 41.9 Å². The highest BCUT2D eigenvalue weighted by Gasteiger charge is 2.09. The Morgan fingerprint density at radius 3 is 2.56 bits per heavy atom. The number of nitrogens with one attached hydrogen (secondary N) is 1. The molecular formula is C13H15BrN2. The Balaban J connectivity index is 2.20. The zero-order chi connectivity index (χ0) is 11.5. The summed E-state index contributed by atoms with van der Waals surface area (Å²) >= 11 is 3.44. The van der Waals surface area contributed by atoms with Gasteiger partial charge < -0.3 is 0 Å². The lowest BCUT2D eigenvalue weighted by Gasteiger charge is -2.06. The molecule has 0 unspecified atom stereocenters. The molecule has 0 radical (unpaired) electrons. The normalized spacial score (nSPS) is 11.0. The van der Waals surface area contributed by atoms with Gasteiger partial charge in [0.25, 0.3) is 0 Å². The van der Waals surface area contributed by atoms with Gasteiger partial charge in [0.1, 0.15) is 0 Å². The molecule has 2 nitrogen and oxygen atoms in total. The van der Waals surface area contributed by atoms with E-state index in [0.29, 0.717) is 5.92 Å². The van der Waals surface area contributed by atoms with Gasteiger partial charge in [0.05, 0.1) is 6.20 Å². The smallest absolute Gasteiger partial charge is 0.0525 e. The van der Waals surface area contributed by atoms with Crippen LogP contribution in [0.25, 0.3) is 0 Å². The Bertz CT molecular complexity index is 457. The topological polar surface area (TPSA) is 28.7 Å². The molecule has 0 atom stereocenters. The van der Waals surface area contributed by atoms with Crippen molar-refractivity contribution in [2.45, 2.75) is 26.2 Å². The number of nitrogens with zero attached hydrogens (tertiary/aromatic N) is 1. The number of hydrogen-bond donors (Lipinski definition) is 1. The zero-order valence-corrected chi connectivity index (χ0v) is 11.1. The van der Waals surface area contributed by atoms with Crippen LogP contribution in [0.4, 0.5) is 0 Å². The maximum Gasteiger partial charge on any atom is 0.0525 e. The van der Waals surface area contributed by atoms with Crippen molar-refractivity contribution in [3.63, 3.8) is 0 Å². The first-order valence-electron chi connectivity index (χ1n) is 5.43. The molecule has 0 aliphatic heterocycles. The Morgan fingerprint density at radius 1 is 1.25 bits per heavy atom. The number of benzene rings is 1. The minimum atomic E-state index is 0.493. The molecule has 2 rings (SSSR count). The highest BCUT2D eigenvalue weighted by Crippen LogP contribution is 2.20. The van der Waals surface area contributed by atoms with Gasteiger partial charge in [-0.2, -0.15) is 5.10 Å². The minimum absolute atomic E-state index is 0.493. The summed E-state index contributed by atoms with van der Waals surface area (Å²) in [7, 11) is 0. The molecule has 1 N–H and O–H groups in total. The second-order valence-electron chi connectivity index (χ2n) is 4.27. The molecule has 0 fully saturated rings. The standard InChI is InChI=1S/C13H15BrN2/c1-9(2)13-11(8-15-16-13)7-10-3-5-12(14)6-4-10/h3-6,8-9H,7H2,1-2H3,(H,15,16). The Morgan fingerprint density at radius 2 is 1.94 bits per heavy atom. The molecule has 0 saturated carbocycles. The molecule has 0 saturated heterocycles. The van der Waals surface area contributed by atoms with Crippen LogP contribution in [-0.2, 0) is 6.42 Å². The number of halogens is 1. The average molecular weight is 279 g/mol. The van der Waals surface area contributed by atoms with E-state index < -0.39 is 0 Å². The largest absolute Gasteiger partial charge is 0.282 e. The van der Waals surface area contributed by atoms with Crippen LogP contribution >= 0.6 is 15.9 Å². The van der Waals surface area contributed by atoms with E-state index in [1.807, 2.05) is 6.20 Å². The molecule has 16 heavy (non-hydrogen) atoms. The molecule has 0 aliphatic carbocycles. The highest BCUT2D eigenvalue weighted by molar-refractivity contribution is 9.10. The zero-order valence-electron chi connectivity index (χ0n) is 9.50. The van der Waals surface area contributed by atoms with E-state index in [1.165, 1.54) is 16.8 Å². The fourth-order valence-corrected chi connectivity index (χ4v) is 2.05. The fourth-order valence-electron chi connectivity index (χ4n) is 1.78. The third kappa shape index (κ3) is 2.53. The van der Waals surface area contributed by atoms with E-state index in [-0.39, 0.29) is 0 Å². The SMILES string of the molecule is CC(C)c1[nH]ncc1Cc1ccc(Br)cc1. The summed E-state index contributed by atoms with van der Waals surface area (Å²) in [5.41, 5.74) is 3.84. The third-order valence-corrected chi connectivity index (χ3v) is 3.17. The second-order valence-corrected chi connectivity index (χ2v) is 5.18. The summed E-state index contributed by atoms with van der Waals surface area (Å²) in [6.07, 6.45) is 2.87. The first-order chi connectivity index (χ1) is 7.66. The molecule has 0 spiro atoms. The Labute approximate surface area is 104 Å². The van der Waals surface area contributed by atoms with Crippen LogP contribution in [-0.4, -0.2) is 10.2 Å². The van der Waals surface area contributed by atoms with Crippen LogP contribution in [0.2, 0.25) is 0 Å². The van der Waals surface area contributed by atoms with Gasteiger partial charge in [0, 0.05) is 16.6 Å². The van der Waals surface area contributed by atoms with Crippen LogP contribution in [0.1, 0.15) is 36.6 Å². The molecule has 1 aromatic carbocycles. The lowest BCUT2D eigenvalue weighted by molar-refractivity contribution is 0.799. The summed E-state index contributed by atoms with van der Waals surface area (Å²) < 4.78 is 1.12. The molecule has 84 valence electrons. The average Bonchev–Trinajstić information content (AvgIpc) is 2.69. The lowest BCUT2D eigenvalue weighted by atomic mass is 10.0. The molecule has 2 aromatic rings. The van der Waals surface area contributed by atoms with E-state index in [2.05, 4.69) is 64.2 Å². The molecule has 0 amide bonds. The van der Waals surface area contributed by atoms with E-state index in [1.54, 1.807) is 0 Å². The molecule has 1 aromatic heterocycles. The summed E-state index contributed by atoms with van der Waals surface area (Å²) in [4.78, 5) is 0. The molecule has 0 bridgehead atoms. The first-order valence-corrected chi connectivity index (χ1v) is 6.22. The maximum absolute atomic E-state index is 4.12.